The lowest BCUT2D eigenvalue weighted by Gasteiger charge is -2.35. The molecule has 3 heterocycles. The van der Waals surface area contributed by atoms with Gasteiger partial charge in [0.15, 0.2) is 0 Å². The molecule has 0 aromatic heterocycles. The van der Waals surface area contributed by atoms with Gasteiger partial charge in [0.2, 0.25) is 11.8 Å². The summed E-state index contributed by atoms with van der Waals surface area (Å²) in [5.41, 5.74) is 5.95. The van der Waals surface area contributed by atoms with Crippen LogP contribution in [0.2, 0.25) is 0 Å². The normalized spacial score (nSPS) is 32.2. The lowest BCUT2D eigenvalue weighted by Crippen LogP contribution is -2.48. The number of carbonyl (C=O) groups excluding carboxylic acids is 2. The second-order valence-electron chi connectivity index (χ2n) is 6.64. The van der Waals surface area contributed by atoms with E-state index in [0.29, 0.717) is 31.5 Å². The van der Waals surface area contributed by atoms with Crippen molar-refractivity contribution in [2.24, 2.45) is 11.7 Å². The van der Waals surface area contributed by atoms with Crippen LogP contribution in [0.3, 0.4) is 0 Å². The van der Waals surface area contributed by atoms with Crippen LogP contribution in [0.25, 0.3) is 0 Å². The zero-order chi connectivity index (χ0) is 14.8. The smallest absolute Gasteiger partial charge is 0.227 e. The summed E-state index contributed by atoms with van der Waals surface area (Å²) in [5, 5.41) is 2.81. The van der Waals surface area contributed by atoms with E-state index in [1.165, 1.54) is 0 Å². The molecule has 0 spiro atoms. The first-order chi connectivity index (χ1) is 10.1. The highest BCUT2D eigenvalue weighted by Crippen LogP contribution is 2.23. The lowest BCUT2D eigenvalue weighted by molar-refractivity contribution is -0.136. The molecule has 118 valence electrons. The predicted molar refractivity (Wildman–Crippen MR) is 79.5 cm³/mol. The number of likely N-dealkylation sites (tertiary alicyclic amines) is 2. The summed E-state index contributed by atoms with van der Waals surface area (Å²) in [4.78, 5) is 28.2. The lowest BCUT2D eigenvalue weighted by atomic mass is 9.98. The van der Waals surface area contributed by atoms with Crippen molar-refractivity contribution in [2.45, 2.75) is 44.2 Å². The second kappa shape index (κ2) is 6.32. The van der Waals surface area contributed by atoms with Gasteiger partial charge < -0.3 is 16.0 Å². The molecular weight excluding hydrogens is 268 g/mol. The minimum atomic E-state index is -0.0174. The van der Waals surface area contributed by atoms with Crippen LogP contribution in [-0.2, 0) is 9.59 Å². The van der Waals surface area contributed by atoms with E-state index in [2.05, 4.69) is 10.2 Å². The third-order valence-corrected chi connectivity index (χ3v) is 5.18. The van der Waals surface area contributed by atoms with Gasteiger partial charge in [-0.1, -0.05) is 0 Å². The van der Waals surface area contributed by atoms with Gasteiger partial charge in [-0.15, -0.1) is 0 Å². The first kappa shape index (κ1) is 14.8. The average Bonchev–Trinajstić information content (AvgIpc) is 2.98. The van der Waals surface area contributed by atoms with E-state index in [9.17, 15) is 9.59 Å². The number of hydrogen-bond donors (Lipinski definition) is 2. The maximum atomic E-state index is 12.5. The Morgan fingerprint density at radius 2 is 1.90 bits per heavy atom. The van der Waals surface area contributed by atoms with Crippen molar-refractivity contribution in [2.75, 3.05) is 32.7 Å². The van der Waals surface area contributed by atoms with Gasteiger partial charge >= 0.3 is 0 Å². The van der Waals surface area contributed by atoms with Crippen molar-refractivity contribution in [3.63, 3.8) is 0 Å². The maximum absolute atomic E-state index is 12.5. The third kappa shape index (κ3) is 3.37. The number of nitrogens with two attached hydrogens (primary N) is 1. The molecule has 0 radical (unpaired) electrons. The van der Waals surface area contributed by atoms with E-state index >= 15 is 0 Å². The summed E-state index contributed by atoms with van der Waals surface area (Å²) < 4.78 is 0. The van der Waals surface area contributed by atoms with E-state index < -0.39 is 0 Å². The van der Waals surface area contributed by atoms with Crippen molar-refractivity contribution < 1.29 is 9.59 Å². The van der Waals surface area contributed by atoms with Crippen LogP contribution < -0.4 is 11.1 Å². The molecule has 0 aromatic rings. The zero-order valence-corrected chi connectivity index (χ0v) is 12.6. The quantitative estimate of drug-likeness (QED) is 0.722. The Hall–Kier alpha value is -1.14. The molecule has 3 aliphatic rings. The molecule has 0 saturated carbocycles. The van der Waals surface area contributed by atoms with Crippen LogP contribution in [0, 0.1) is 5.92 Å². The highest BCUT2D eigenvalue weighted by atomic mass is 16.2. The molecular formula is C15H26N4O2. The Labute approximate surface area is 126 Å². The summed E-state index contributed by atoms with van der Waals surface area (Å²) >= 11 is 0. The monoisotopic (exact) mass is 294 g/mol. The van der Waals surface area contributed by atoms with E-state index in [4.69, 9.17) is 5.73 Å². The maximum Gasteiger partial charge on any atom is 0.227 e. The zero-order valence-electron chi connectivity index (χ0n) is 12.6. The van der Waals surface area contributed by atoms with Crippen molar-refractivity contribution in [3.05, 3.63) is 0 Å². The average molecular weight is 294 g/mol. The Balaban J connectivity index is 1.50. The fourth-order valence-corrected chi connectivity index (χ4v) is 3.73. The summed E-state index contributed by atoms with van der Waals surface area (Å²) in [7, 11) is 0. The van der Waals surface area contributed by atoms with E-state index in [1.807, 2.05) is 4.90 Å². The van der Waals surface area contributed by atoms with Crippen LogP contribution >= 0.6 is 0 Å². The number of hydrogen-bond acceptors (Lipinski definition) is 4. The van der Waals surface area contributed by atoms with Crippen LogP contribution in [0.15, 0.2) is 0 Å². The van der Waals surface area contributed by atoms with Crippen LogP contribution in [0.1, 0.15) is 32.1 Å². The van der Waals surface area contributed by atoms with E-state index in [0.717, 1.165) is 45.4 Å². The minimum absolute atomic E-state index is 0.0174. The largest absolute Gasteiger partial charge is 0.355 e. The fraction of sp³-hybridized carbons (Fsp3) is 0.867. The van der Waals surface area contributed by atoms with Crippen molar-refractivity contribution in [3.8, 4) is 0 Å². The van der Waals surface area contributed by atoms with Gasteiger partial charge in [0, 0.05) is 38.1 Å². The Morgan fingerprint density at radius 3 is 2.57 bits per heavy atom. The first-order valence-electron chi connectivity index (χ1n) is 8.18. The topological polar surface area (TPSA) is 78.7 Å². The van der Waals surface area contributed by atoms with Gasteiger partial charge in [0.1, 0.15) is 0 Å². The predicted octanol–water partition coefficient (Wildman–Crippen LogP) is -0.463. The van der Waals surface area contributed by atoms with Crippen LogP contribution in [0.5, 0.6) is 0 Å². The van der Waals surface area contributed by atoms with E-state index in [-0.39, 0.29) is 17.7 Å². The third-order valence-electron chi connectivity index (χ3n) is 5.18. The highest BCUT2D eigenvalue weighted by Gasteiger charge is 2.35. The number of rotatable bonds is 2. The number of nitrogens with zero attached hydrogens (tertiary/aromatic N) is 2. The molecule has 3 N–H and O–H groups in total. The molecule has 0 bridgehead atoms. The van der Waals surface area contributed by atoms with Crippen molar-refractivity contribution in [1.82, 2.24) is 15.1 Å². The Bertz CT molecular complexity index is 396. The van der Waals surface area contributed by atoms with Gasteiger partial charge in [-0.25, -0.2) is 0 Å². The van der Waals surface area contributed by atoms with Crippen molar-refractivity contribution in [1.29, 1.82) is 0 Å². The number of nitrogens with one attached hydrogen (secondary N) is 1. The molecule has 3 rings (SSSR count). The summed E-state index contributed by atoms with van der Waals surface area (Å²) in [5.74, 6) is 0.283. The summed E-state index contributed by atoms with van der Waals surface area (Å²) in [6.07, 6.45) is 4.39. The van der Waals surface area contributed by atoms with Gasteiger partial charge in [0.25, 0.3) is 0 Å². The first-order valence-corrected chi connectivity index (χ1v) is 8.18. The molecule has 21 heavy (non-hydrogen) atoms. The Kier molecular flexibility index (Phi) is 4.45. The molecule has 6 nitrogen and oxygen atoms in total. The van der Waals surface area contributed by atoms with E-state index in [1.54, 1.807) is 0 Å². The van der Waals surface area contributed by atoms with Gasteiger partial charge in [-0.3, -0.25) is 14.5 Å². The number of piperidine rings is 2. The van der Waals surface area contributed by atoms with Gasteiger partial charge in [-0.05, 0) is 38.8 Å². The van der Waals surface area contributed by atoms with Crippen LogP contribution in [0.4, 0.5) is 0 Å². The number of amides is 2. The second-order valence-corrected chi connectivity index (χ2v) is 6.64. The molecule has 3 saturated heterocycles. The molecule has 0 aromatic carbocycles. The molecule has 2 unspecified atom stereocenters. The number of carbonyl (C=O) groups is 2. The van der Waals surface area contributed by atoms with Crippen LogP contribution in [-0.4, -0.2) is 66.4 Å². The minimum Gasteiger partial charge on any atom is -0.355 e. The highest BCUT2D eigenvalue weighted by molar-refractivity contribution is 5.84. The summed E-state index contributed by atoms with van der Waals surface area (Å²) in [6.45, 7) is 4.34. The van der Waals surface area contributed by atoms with Crippen molar-refractivity contribution >= 4 is 11.8 Å². The molecule has 3 aliphatic heterocycles. The molecule has 6 heteroatoms. The SMILES string of the molecule is NC1CCN(C2CCN(C(=O)C3CCC(=O)NC3)C2)CC1. The molecule has 2 amide bonds. The fourth-order valence-electron chi connectivity index (χ4n) is 3.73. The molecule has 3 fully saturated rings. The van der Waals surface area contributed by atoms with Gasteiger partial charge in [-0.2, -0.15) is 0 Å². The standard InChI is InChI=1S/C15H26N4O2/c16-12-3-6-18(7-4-12)13-5-8-19(10-13)15(21)11-1-2-14(20)17-9-11/h11-13H,1-10,16H2,(H,17,20). The summed E-state index contributed by atoms with van der Waals surface area (Å²) in [6, 6.07) is 0.853. The Morgan fingerprint density at radius 1 is 1.14 bits per heavy atom. The molecule has 0 aliphatic carbocycles. The van der Waals surface area contributed by atoms with Gasteiger partial charge in [0.05, 0.1) is 5.92 Å². The molecule has 2 atom stereocenters.